The monoisotopic (exact) mass is 328 g/mol. The molecule has 0 spiro atoms. The van der Waals surface area contributed by atoms with E-state index in [1.807, 2.05) is 29.2 Å². The third-order valence-corrected chi connectivity index (χ3v) is 5.44. The molecule has 1 N–H and O–H groups in total. The van der Waals surface area contributed by atoms with Crippen LogP contribution in [0.5, 0.6) is 0 Å². The molecule has 0 atom stereocenters. The van der Waals surface area contributed by atoms with Crippen LogP contribution >= 0.6 is 0 Å². The highest BCUT2D eigenvalue weighted by Gasteiger charge is 2.21. The van der Waals surface area contributed by atoms with Crippen molar-refractivity contribution in [1.82, 2.24) is 4.90 Å². The van der Waals surface area contributed by atoms with Crippen LogP contribution in [0.15, 0.2) is 24.3 Å². The van der Waals surface area contributed by atoms with Gasteiger partial charge in [0.15, 0.2) is 0 Å². The number of hydrogen-bond acceptors (Lipinski definition) is 2. The Morgan fingerprint density at radius 1 is 1.04 bits per heavy atom. The van der Waals surface area contributed by atoms with E-state index in [2.05, 4.69) is 12.2 Å². The molecule has 0 unspecified atom stereocenters. The molecular formula is C20H28N2O2. The fraction of sp³-hybridized carbons (Fsp3) is 0.600. The summed E-state index contributed by atoms with van der Waals surface area (Å²) in [5, 5.41) is 2.96. The van der Waals surface area contributed by atoms with Gasteiger partial charge in [0.05, 0.1) is 0 Å². The van der Waals surface area contributed by atoms with Gasteiger partial charge in [0.2, 0.25) is 5.91 Å². The largest absolute Gasteiger partial charge is 0.339 e. The number of nitrogens with one attached hydrogen (secondary N) is 1. The van der Waals surface area contributed by atoms with Crippen LogP contribution in [0.4, 0.5) is 5.69 Å². The summed E-state index contributed by atoms with van der Waals surface area (Å²) in [7, 11) is 0. The van der Waals surface area contributed by atoms with Crippen LogP contribution in [0, 0.1) is 11.8 Å². The first-order valence-electron chi connectivity index (χ1n) is 9.31. The Bertz CT molecular complexity index is 568. The van der Waals surface area contributed by atoms with Gasteiger partial charge < -0.3 is 10.2 Å². The maximum absolute atomic E-state index is 12.5. The molecule has 1 heterocycles. The Morgan fingerprint density at radius 3 is 2.29 bits per heavy atom. The van der Waals surface area contributed by atoms with Gasteiger partial charge in [0.1, 0.15) is 0 Å². The summed E-state index contributed by atoms with van der Waals surface area (Å²) in [5.41, 5.74) is 1.49. The van der Waals surface area contributed by atoms with Gasteiger partial charge in [-0.15, -0.1) is 0 Å². The van der Waals surface area contributed by atoms with Gasteiger partial charge in [-0.2, -0.15) is 0 Å². The number of anilines is 1. The molecular weight excluding hydrogens is 300 g/mol. The minimum absolute atomic E-state index is 0.0889. The number of likely N-dealkylation sites (tertiary alicyclic amines) is 1. The SMILES string of the molecule is CC1CCN(C(=O)c2ccc(NC(=O)CC3CCCC3)cc2)CC1. The van der Waals surface area contributed by atoms with E-state index < -0.39 is 0 Å². The van der Waals surface area contributed by atoms with Crippen molar-refractivity contribution in [3.8, 4) is 0 Å². The van der Waals surface area contributed by atoms with Gasteiger partial charge in [-0.25, -0.2) is 0 Å². The minimum atomic E-state index is 0.0889. The molecule has 2 aliphatic rings. The lowest BCUT2D eigenvalue weighted by atomic mass is 9.98. The smallest absolute Gasteiger partial charge is 0.253 e. The first-order chi connectivity index (χ1) is 11.6. The van der Waals surface area contributed by atoms with Crippen LogP contribution in [0.25, 0.3) is 0 Å². The number of benzene rings is 1. The van der Waals surface area contributed by atoms with Gasteiger partial charge in [0, 0.05) is 30.8 Å². The van der Waals surface area contributed by atoms with E-state index >= 15 is 0 Å². The molecule has 2 amide bonds. The summed E-state index contributed by atoms with van der Waals surface area (Å²) in [6, 6.07) is 7.33. The fourth-order valence-corrected chi connectivity index (χ4v) is 3.78. The molecule has 1 aromatic carbocycles. The van der Waals surface area contributed by atoms with Crippen molar-refractivity contribution in [2.75, 3.05) is 18.4 Å². The maximum atomic E-state index is 12.5. The van der Waals surface area contributed by atoms with E-state index in [0.717, 1.165) is 31.6 Å². The van der Waals surface area contributed by atoms with Crippen molar-refractivity contribution in [2.45, 2.75) is 51.9 Å². The van der Waals surface area contributed by atoms with Gasteiger partial charge >= 0.3 is 0 Å². The number of piperidine rings is 1. The second-order valence-corrected chi connectivity index (χ2v) is 7.45. The highest BCUT2D eigenvalue weighted by molar-refractivity contribution is 5.95. The molecule has 1 aromatic rings. The number of carbonyl (C=O) groups excluding carboxylic acids is 2. The predicted molar refractivity (Wildman–Crippen MR) is 95.9 cm³/mol. The third kappa shape index (κ3) is 4.37. The van der Waals surface area contributed by atoms with E-state index in [1.54, 1.807) is 0 Å². The average molecular weight is 328 g/mol. The summed E-state index contributed by atoms with van der Waals surface area (Å²) < 4.78 is 0. The number of hydrogen-bond donors (Lipinski definition) is 1. The molecule has 2 fully saturated rings. The first kappa shape index (κ1) is 17.0. The van der Waals surface area contributed by atoms with E-state index in [-0.39, 0.29) is 11.8 Å². The summed E-state index contributed by atoms with van der Waals surface area (Å²) >= 11 is 0. The Kier molecular flexibility index (Phi) is 5.54. The molecule has 1 aliphatic carbocycles. The van der Waals surface area contributed by atoms with Crippen LogP contribution in [-0.2, 0) is 4.79 Å². The molecule has 1 aliphatic heterocycles. The Morgan fingerprint density at radius 2 is 1.67 bits per heavy atom. The summed E-state index contributed by atoms with van der Waals surface area (Å²) in [5.74, 6) is 1.45. The van der Waals surface area contributed by atoms with Crippen molar-refractivity contribution in [3.63, 3.8) is 0 Å². The van der Waals surface area contributed by atoms with Gasteiger partial charge in [-0.3, -0.25) is 9.59 Å². The highest BCUT2D eigenvalue weighted by atomic mass is 16.2. The molecule has 130 valence electrons. The Balaban J connectivity index is 1.52. The minimum Gasteiger partial charge on any atom is -0.339 e. The lowest BCUT2D eigenvalue weighted by Crippen LogP contribution is -2.37. The van der Waals surface area contributed by atoms with E-state index in [0.29, 0.717) is 23.8 Å². The molecule has 1 saturated carbocycles. The van der Waals surface area contributed by atoms with E-state index in [4.69, 9.17) is 0 Å². The fourth-order valence-electron chi connectivity index (χ4n) is 3.78. The normalized spacial score (nSPS) is 19.5. The molecule has 1 saturated heterocycles. The predicted octanol–water partition coefficient (Wildman–Crippen LogP) is 4.08. The number of nitrogens with zero attached hydrogens (tertiary/aromatic N) is 1. The Hall–Kier alpha value is -1.84. The third-order valence-electron chi connectivity index (χ3n) is 5.44. The summed E-state index contributed by atoms with van der Waals surface area (Å²) in [4.78, 5) is 26.5. The van der Waals surface area contributed by atoms with Gasteiger partial charge in [-0.05, 0) is 61.8 Å². The lowest BCUT2D eigenvalue weighted by Gasteiger charge is -2.30. The van der Waals surface area contributed by atoms with Crippen LogP contribution < -0.4 is 5.32 Å². The van der Waals surface area contributed by atoms with Crippen molar-refractivity contribution in [1.29, 1.82) is 0 Å². The second-order valence-electron chi connectivity index (χ2n) is 7.45. The number of amides is 2. The molecule has 3 rings (SSSR count). The van der Waals surface area contributed by atoms with Crippen molar-refractivity contribution >= 4 is 17.5 Å². The highest BCUT2D eigenvalue weighted by Crippen LogP contribution is 2.27. The maximum Gasteiger partial charge on any atom is 0.253 e. The van der Waals surface area contributed by atoms with Crippen LogP contribution in [0.2, 0.25) is 0 Å². The molecule has 0 bridgehead atoms. The van der Waals surface area contributed by atoms with E-state index in [1.165, 1.54) is 25.7 Å². The first-order valence-corrected chi connectivity index (χ1v) is 9.31. The topological polar surface area (TPSA) is 49.4 Å². The van der Waals surface area contributed by atoms with Crippen molar-refractivity contribution in [3.05, 3.63) is 29.8 Å². The number of rotatable bonds is 4. The lowest BCUT2D eigenvalue weighted by molar-refractivity contribution is -0.117. The zero-order valence-corrected chi connectivity index (χ0v) is 14.6. The molecule has 0 aromatic heterocycles. The number of carbonyl (C=O) groups is 2. The van der Waals surface area contributed by atoms with E-state index in [9.17, 15) is 9.59 Å². The zero-order valence-electron chi connectivity index (χ0n) is 14.6. The van der Waals surface area contributed by atoms with Crippen LogP contribution in [-0.4, -0.2) is 29.8 Å². The molecule has 4 nitrogen and oxygen atoms in total. The second kappa shape index (κ2) is 7.82. The molecule has 0 radical (unpaired) electrons. The van der Waals surface area contributed by atoms with Crippen molar-refractivity contribution < 1.29 is 9.59 Å². The van der Waals surface area contributed by atoms with Gasteiger partial charge in [-0.1, -0.05) is 19.8 Å². The average Bonchev–Trinajstić information content (AvgIpc) is 3.08. The van der Waals surface area contributed by atoms with Crippen LogP contribution in [0.1, 0.15) is 62.2 Å². The zero-order chi connectivity index (χ0) is 16.9. The molecule has 24 heavy (non-hydrogen) atoms. The van der Waals surface area contributed by atoms with Crippen molar-refractivity contribution in [2.24, 2.45) is 11.8 Å². The Labute approximate surface area is 144 Å². The van der Waals surface area contributed by atoms with Gasteiger partial charge in [0.25, 0.3) is 5.91 Å². The summed E-state index contributed by atoms with van der Waals surface area (Å²) in [6.07, 6.45) is 7.65. The standard InChI is InChI=1S/C20H28N2O2/c1-15-10-12-22(13-11-15)20(24)17-6-8-18(9-7-17)21-19(23)14-16-4-2-3-5-16/h6-9,15-16H,2-5,10-14H2,1H3,(H,21,23). The summed E-state index contributed by atoms with van der Waals surface area (Å²) in [6.45, 7) is 3.94. The quantitative estimate of drug-likeness (QED) is 0.905. The molecule has 4 heteroatoms. The van der Waals surface area contributed by atoms with Crippen LogP contribution in [0.3, 0.4) is 0 Å².